The maximum atomic E-state index is 12.5. The molecule has 6 heteroatoms. The molecule has 0 aliphatic rings. The maximum absolute atomic E-state index is 12.5. The van der Waals surface area contributed by atoms with Gasteiger partial charge in [0.25, 0.3) is 5.91 Å². The summed E-state index contributed by atoms with van der Waals surface area (Å²) in [5, 5.41) is 3.36. The maximum Gasteiger partial charge on any atom is 0.349 e. The molecule has 0 bridgehead atoms. The molecule has 0 fully saturated rings. The minimum absolute atomic E-state index is 0.0778. The van der Waals surface area contributed by atoms with Gasteiger partial charge in [-0.05, 0) is 37.1 Å². The summed E-state index contributed by atoms with van der Waals surface area (Å²) in [5.74, 6) is -0.565. The lowest BCUT2D eigenvalue weighted by Crippen LogP contribution is -2.30. The second-order valence-corrected chi connectivity index (χ2v) is 6.48. The Morgan fingerprint density at radius 2 is 1.86 bits per heavy atom. The number of hydrogen-bond donors (Lipinski definition) is 1. The predicted octanol–water partition coefficient (Wildman–Crippen LogP) is 3.99. The zero-order valence-corrected chi connectivity index (χ0v) is 15.7. The van der Waals surface area contributed by atoms with Crippen LogP contribution in [0.4, 0.5) is 0 Å². The SMILES string of the molecule is CCCC(=O)Oc1ccc2cc(C(=O)NC(C)c3ccccc3)c(=O)oc2c1. The van der Waals surface area contributed by atoms with Crippen molar-refractivity contribution in [2.45, 2.75) is 32.7 Å². The smallest absolute Gasteiger partial charge is 0.349 e. The third-order valence-corrected chi connectivity index (χ3v) is 4.29. The fourth-order valence-electron chi connectivity index (χ4n) is 2.80. The quantitative estimate of drug-likeness (QED) is 0.398. The molecule has 0 saturated heterocycles. The van der Waals surface area contributed by atoms with Crippen LogP contribution in [-0.4, -0.2) is 11.9 Å². The number of fused-ring (bicyclic) bond motifs is 1. The van der Waals surface area contributed by atoms with Crippen molar-refractivity contribution in [2.75, 3.05) is 0 Å². The molecule has 1 amide bonds. The number of esters is 1. The van der Waals surface area contributed by atoms with E-state index in [2.05, 4.69) is 5.32 Å². The van der Waals surface area contributed by atoms with E-state index in [0.717, 1.165) is 5.56 Å². The number of hydrogen-bond acceptors (Lipinski definition) is 5. The third-order valence-electron chi connectivity index (χ3n) is 4.29. The summed E-state index contributed by atoms with van der Waals surface area (Å²) in [6, 6.07) is 15.4. The van der Waals surface area contributed by atoms with Crippen LogP contribution >= 0.6 is 0 Å². The highest BCUT2D eigenvalue weighted by atomic mass is 16.5. The van der Waals surface area contributed by atoms with Crippen LogP contribution in [0.5, 0.6) is 5.75 Å². The number of carbonyl (C=O) groups is 2. The van der Waals surface area contributed by atoms with Gasteiger partial charge in [-0.15, -0.1) is 0 Å². The van der Waals surface area contributed by atoms with Crippen LogP contribution in [0.15, 0.2) is 63.8 Å². The highest BCUT2D eigenvalue weighted by molar-refractivity contribution is 5.97. The molecule has 1 heterocycles. The van der Waals surface area contributed by atoms with Crippen LogP contribution in [0.1, 0.15) is 48.7 Å². The summed E-state index contributed by atoms with van der Waals surface area (Å²) in [6.45, 7) is 3.72. The Kier molecular flexibility index (Phi) is 5.89. The van der Waals surface area contributed by atoms with E-state index >= 15 is 0 Å². The largest absolute Gasteiger partial charge is 0.426 e. The molecular formula is C22H21NO5. The van der Waals surface area contributed by atoms with Crippen molar-refractivity contribution >= 4 is 22.8 Å². The first-order valence-corrected chi connectivity index (χ1v) is 9.12. The Labute approximate surface area is 162 Å². The number of amides is 1. The first kappa shape index (κ1) is 19.4. The summed E-state index contributed by atoms with van der Waals surface area (Å²) in [5.41, 5.74) is 0.354. The molecule has 1 atom stereocenters. The van der Waals surface area contributed by atoms with E-state index in [0.29, 0.717) is 24.0 Å². The fraction of sp³-hybridized carbons (Fsp3) is 0.227. The van der Waals surface area contributed by atoms with Gasteiger partial charge in [0.05, 0.1) is 6.04 Å². The molecular weight excluding hydrogens is 358 g/mol. The predicted molar refractivity (Wildman–Crippen MR) is 105 cm³/mol. The van der Waals surface area contributed by atoms with Crippen LogP contribution in [0.2, 0.25) is 0 Å². The highest BCUT2D eigenvalue weighted by Gasteiger charge is 2.17. The second kappa shape index (κ2) is 8.52. The molecule has 0 radical (unpaired) electrons. The number of benzene rings is 2. The lowest BCUT2D eigenvalue weighted by Gasteiger charge is -2.14. The lowest BCUT2D eigenvalue weighted by atomic mass is 10.1. The van der Waals surface area contributed by atoms with Gasteiger partial charge < -0.3 is 14.5 Å². The molecule has 1 unspecified atom stereocenters. The molecule has 2 aromatic carbocycles. The summed E-state index contributed by atoms with van der Waals surface area (Å²) in [7, 11) is 0. The molecule has 3 aromatic rings. The van der Waals surface area contributed by atoms with E-state index in [9.17, 15) is 14.4 Å². The Balaban J connectivity index is 1.82. The molecule has 6 nitrogen and oxygen atoms in total. The van der Waals surface area contributed by atoms with E-state index in [1.54, 1.807) is 12.1 Å². The van der Waals surface area contributed by atoms with Gasteiger partial charge >= 0.3 is 11.6 Å². The number of rotatable bonds is 6. The number of ether oxygens (including phenoxy) is 1. The Morgan fingerprint density at radius 3 is 2.57 bits per heavy atom. The number of nitrogens with one attached hydrogen (secondary N) is 1. The molecule has 0 aliphatic heterocycles. The second-order valence-electron chi connectivity index (χ2n) is 6.48. The molecule has 1 N–H and O–H groups in total. The Bertz CT molecular complexity index is 1060. The van der Waals surface area contributed by atoms with Gasteiger partial charge in [-0.2, -0.15) is 0 Å². The van der Waals surface area contributed by atoms with Gasteiger partial charge in [0, 0.05) is 17.9 Å². The average molecular weight is 379 g/mol. The standard InChI is InChI=1S/C22H21NO5/c1-3-7-20(24)27-17-11-10-16-12-18(22(26)28-19(16)13-17)21(25)23-14(2)15-8-5-4-6-9-15/h4-6,8-14H,3,7H2,1-2H3,(H,23,25). The van der Waals surface area contributed by atoms with E-state index in [-0.39, 0.29) is 23.2 Å². The van der Waals surface area contributed by atoms with Gasteiger partial charge in [-0.25, -0.2) is 4.79 Å². The van der Waals surface area contributed by atoms with E-state index in [1.165, 1.54) is 12.1 Å². The van der Waals surface area contributed by atoms with Crippen molar-refractivity contribution < 1.29 is 18.7 Å². The van der Waals surface area contributed by atoms with Crippen molar-refractivity contribution in [3.63, 3.8) is 0 Å². The first-order chi connectivity index (χ1) is 13.5. The first-order valence-electron chi connectivity index (χ1n) is 9.12. The highest BCUT2D eigenvalue weighted by Crippen LogP contribution is 2.21. The molecule has 28 heavy (non-hydrogen) atoms. The minimum atomic E-state index is -0.748. The summed E-state index contributed by atoms with van der Waals surface area (Å²) in [4.78, 5) is 36.4. The van der Waals surface area contributed by atoms with Crippen molar-refractivity contribution in [2.24, 2.45) is 0 Å². The molecule has 144 valence electrons. The van der Waals surface area contributed by atoms with Crippen LogP contribution in [0.3, 0.4) is 0 Å². The van der Waals surface area contributed by atoms with E-state index in [4.69, 9.17) is 9.15 Å². The summed E-state index contributed by atoms with van der Waals surface area (Å²) in [6.07, 6.45) is 0.988. The number of carbonyl (C=O) groups excluding carboxylic acids is 2. The normalized spacial score (nSPS) is 11.8. The molecule has 0 saturated carbocycles. The van der Waals surface area contributed by atoms with Gasteiger partial charge in [0.2, 0.25) is 0 Å². The zero-order chi connectivity index (χ0) is 20.1. The Morgan fingerprint density at radius 1 is 1.11 bits per heavy atom. The van der Waals surface area contributed by atoms with Crippen LogP contribution in [-0.2, 0) is 4.79 Å². The van der Waals surface area contributed by atoms with E-state index in [1.807, 2.05) is 44.2 Å². The van der Waals surface area contributed by atoms with Gasteiger partial charge in [0.1, 0.15) is 16.9 Å². The van der Waals surface area contributed by atoms with Crippen molar-refractivity contribution in [3.05, 3.63) is 76.1 Å². The van der Waals surface area contributed by atoms with Crippen LogP contribution in [0, 0.1) is 0 Å². The topological polar surface area (TPSA) is 85.6 Å². The molecule has 0 spiro atoms. The van der Waals surface area contributed by atoms with Crippen LogP contribution in [0.25, 0.3) is 11.0 Å². The summed E-state index contributed by atoms with van der Waals surface area (Å²) < 4.78 is 10.5. The van der Waals surface area contributed by atoms with Crippen molar-refractivity contribution in [1.29, 1.82) is 0 Å². The van der Waals surface area contributed by atoms with Gasteiger partial charge in [-0.1, -0.05) is 37.3 Å². The van der Waals surface area contributed by atoms with Gasteiger partial charge in [0.15, 0.2) is 0 Å². The zero-order valence-electron chi connectivity index (χ0n) is 15.7. The van der Waals surface area contributed by atoms with Crippen LogP contribution < -0.4 is 15.7 Å². The molecule has 3 rings (SSSR count). The van der Waals surface area contributed by atoms with Crippen molar-refractivity contribution in [1.82, 2.24) is 5.32 Å². The minimum Gasteiger partial charge on any atom is -0.426 e. The lowest BCUT2D eigenvalue weighted by molar-refractivity contribution is -0.134. The van der Waals surface area contributed by atoms with Crippen molar-refractivity contribution in [3.8, 4) is 5.75 Å². The Hall–Kier alpha value is -3.41. The average Bonchev–Trinajstić information content (AvgIpc) is 2.68. The molecule has 1 aromatic heterocycles. The fourth-order valence-corrected chi connectivity index (χ4v) is 2.80. The monoisotopic (exact) mass is 379 g/mol. The van der Waals surface area contributed by atoms with E-state index < -0.39 is 11.5 Å². The third kappa shape index (κ3) is 4.46. The summed E-state index contributed by atoms with van der Waals surface area (Å²) >= 11 is 0. The van der Waals surface area contributed by atoms with Gasteiger partial charge in [-0.3, -0.25) is 9.59 Å². The molecule has 0 aliphatic carbocycles.